The van der Waals surface area contributed by atoms with Crippen molar-refractivity contribution in [1.82, 2.24) is 15.1 Å². The van der Waals surface area contributed by atoms with E-state index in [4.69, 9.17) is 23.2 Å². The maximum Gasteiger partial charge on any atom is 0.356 e. The van der Waals surface area contributed by atoms with Gasteiger partial charge >= 0.3 is 5.97 Å². The van der Waals surface area contributed by atoms with Crippen molar-refractivity contribution in [2.45, 2.75) is 6.54 Å². The fraction of sp³-hybridized carbons (Fsp3) is 0.0417. The number of carbonyl (C=O) groups excluding carboxylic acids is 1. The van der Waals surface area contributed by atoms with Crippen molar-refractivity contribution in [3.05, 3.63) is 106 Å². The highest BCUT2D eigenvalue weighted by Crippen LogP contribution is 2.29. The summed E-state index contributed by atoms with van der Waals surface area (Å²) in [5.74, 6) is -1.36. The van der Waals surface area contributed by atoms with Gasteiger partial charge in [0.15, 0.2) is 5.69 Å². The molecule has 3 aromatic carbocycles. The molecule has 0 spiro atoms. The number of hydrogen-bond acceptors (Lipinski definition) is 3. The molecule has 2 N–H and O–H groups in total. The number of aromatic carboxylic acids is 1. The van der Waals surface area contributed by atoms with Gasteiger partial charge in [0.2, 0.25) is 0 Å². The Morgan fingerprint density at radius 2 is 1.62 bits per heavy atom. The smallest absolute Gasteiger partial charge is 0.356 e. The predicted molar refractivity (Wildman–Crippen MR) is 124 cm³/mol. The van der Waals surface area contributed by atoms with Crippen LogP contribution in [0.1, 0.15) is 26.4 Å². The molecule has 0 aliphatic heterocycles. The summed E-state index contributed by atoms with van der Waals surface area (Å²) in [5.41, 5.74) is 3.17. The highest BCUT2D eigenvalue weighted by atomic mass is 35.5. The van der Waals surface area contributed by atoms with Gasteiger partial charge in [-0.2, -0.15) is 5.10 Å². The second kappa shape index (κ2) is 9.26. The summed E-state index contributed by atoms with van der Waals surface area (Å²) in [6, 6.07) is 22.9. The predicted octanol–water partition coefficient (Wildman–Crippen LogP) is 5.47. The first-order valence-electron chi connectivity index (χ1n) is 9.64. The van der Waals surface area contributed by atoms with E-state index in [1.807, 2.05) is 30.3 Å². The third kappa shape index (κ3) is 4.66. The number of benzene rings is 3. The number of amides is 1. The Morgan fingerprint density at radius 1 is 0.906 bits per heavy atom. The van der Waals surface area contributed by atoms with Crippen LogP contribution >= 0.6 is 23.2 Å². The monoisotopic (exact) mass is 465 g/mol. The molecule has 0 unspecified atom stereocenters. The average Bonchev–Trinajstić information content (AvgIpc) is 3.26. The summed E-state index contributed by atoms with van der Waals surface area (Å²) in [7, 11) is 0. The van der Waals surface area contributed by atoms with Crippen molar-refractivity contribution in [3.63, 3.8) is 0 Å². The number of nitrogens with one attached hydrogen (secondary N) is 1. The van der Waals surface area contributed by atoms with E-state index in [0.717, 1.165) is 5.56 Å². The molecule has 0 aliphatic rings. The van der Waals surface area contributed by atoms with Gasteiger partial charge in [-0.25, -0.2) is 9.48 Å². The topological polar surface area (TPSA) is 84.2 Å². The van der Waals surface area contributed by atoms with Gasteiger partial charge in [0.25, 0.3) is 5.91 Å². The van der Waals surface area contributed by atoms with Crippen LogP contribution in [0.5, 0.6) is 0 Å². The molecule has 8 heteroatoms. The Hall–Kier alpha value is -3.61. The molecule has 0 bridgehead atoms. The summed E-state index contributed by atoms with van der Waals surface area (Å²) >= 11 is 12.1. The second-order valence-corrected chi connectivity index (χ2v) is 7.79. The van der Waals surface area contributed by atoms with E-state index in [1.54, 1.807) is 42.5 Å². The van der Waals surface area contributed by atoms with Crippen LogP contribution in [0.3, 0.4) is 0 Å². The molecule has 160 valence electrons. The standard InChI is InChI=1S/C24H17Cl2N3O3/c25-19-11-10-18(12-20(19)26)29-22(13-21(28-29)24(31)32)16-6-8-17(9-7-16)23(30)27-14-15-4-2-1-3-5-15/h1-13H,14H2,(H,27,30)(H,31,32). The Balaban J connectivity index is 1.61. The van der Waals surface area contributed by atoms with Gasteiger partial charge < -0.3 is 10.4 Å². The van der Waals surface area contributed by atoms with E-state index in [1.165, 1.54) is 10.7 Å². The molecule has 4 rings (SSSR count). The lowest BCUT2D eigenvalue weighted by molar-refractivity contribution is 0.0689. The molecule has 0 saturated heterocycles. The summed E-state index contributed by atoms with van der Waals surface area (Å²) in [6.07, 6.45) is 0. The molecule has 4 aromatic rings. The van der Waals surface area contributed by atoms with E-state index < -0.39 is 5.97 Å². The fourth-order valence-electron chi connectivity index (χ4n) is 3.18. The van der Waals surface area contributed by atoms with Crippen LogP contribution in [0, 0.1) is 0 Å². The van der Waals surface area contributed by atoms with Crippen LogP contribution in [0.15, 0.2) is 78.9 Å². The molecular weight excluding hydrogens is 449 g/mol. The van der Waals surface area contributed by atoms with E-state index in [9.17, 15) is 14.7 Å². The molecule has 0 atom stereocenters. The number of carboxylic acid groups (broad SMARTS) is 1. The largest absolute Gasteiger partial charge is 0.476 e. The minimum Gasteiger partial charge on any atom is -0.476 e. The Kier molecular flexibility index (Phi) is 6.25. The molecular formula is C24H17Cl2N3O3. The zero-order valence-electron chi connectivity index (χ0n) is 16.6. The van der Waals surface area contributed by atoms with E-state index in [2.05, 4.69) is 10.4 Å². The van der Waals surface area contributed by atoms with Crippen LogP contribution in [0.2, 0.25) is 10.0 Å². The fourth-order valence-corrected chi connectivity index (χ4v) is 3.47. The number of halogens is 2. The number of carboxylic acids is 1. The molecule has 1 heterocycles. The zero-order valence-corrected chi connectivity index (χ0v) is 18.1. The maximum atomic E-state index is 12.5. The first kappa shape index (κ1) is 21.6. The van der Waals surface area contributed by atoms with Gasteiger partial charge in [0, 0.05) is 17.7 Å². The Bertz CT molecular complexity index is 1290. The van der Waals surface area contributed by atoms with Crippen molar-refractivity contribution in [2.24, 2.45) is 0 Å². The van der Waals surface area contributed by atoms with Crippen LogP contribution in [-0.4, -0.2) is 26.8 Å². The van der Waals surface area contributed by atoms with Crippen molar-refractivity contribution in [1.29, 1.82) is 0 Å². The molecule has 1 aromatic heterocycles. The normalized spacial score (nSPS) is 10.7. The first-order chi connectivity index (χ1) is 15.4. The summed E-state index contributed by atoms with van der Waals surface area (Å²) in [5, 5.41) is 17.2. The SMILES string of the molecule is O=C(NCc1ccccc1)c1ccc(-c2cc(C(=O)O)nn2-c2ccc(Cl)c(Cl)c2)cc1. The van der Waals surface area contributed by atoms with Gasteiger partial charge in [-0.15, -0.1) is 0 Å². The van der Waals surface area contributed by atoms with Crippen molar-refractivity contribution < 1.29 is 14.7 Å². The van der Waals surface area contributed by atoms with Crippen molar-refractivity contribution >= 4 is 35.1 Å². The summed E-state index contributed by atoms with van der Waals surface area (Å²) < 4.78 is 1.48. The van der Waals surface area contributed by atoms with Crippen LogP contribution in [0.4, 0.5) is 0 Å². The number of hydrogen-bond donors (Lipinski definition) is 2. The van der Waals surface area contributed by atoms with Crippen LogP contribution < -0.4 is 5.32 Å². The third-order valence-corrected chi connectivity index (χ3v) is 5.55. The van der Waals surface area contributed by atoms with Crippen LogP contribution in [0.25, 0.3) is 16.9 Å². The molecule has 1 amide bonds. The summed E-state index contributed by atoms with van der Waals surface area (Å²) in [6.45, 7) is 0.424. The minimum atomic E-state index is -1.15. The summed E-state index contributed by atoms with van der Waals surface area (Å²) in [4.78, 5) is 24.0. The van der Waals surface area contributed by atoms with E-state index in [0.29, 0.717) is 39.1 Å². The lowest BCUT2D eigenvalue weighted by Gasteiger charge is -2.10. The lowest BCUT2D eigenvalue weighted by atomic mass is 10.1. The second-order valence-electron chi connectivity index (χ2n) is 6.98. The van der Waals surface area contributed by atoms with Gasteiger partial charge in [-0.3, -0.25) is 4.79 Å². The quantitative estimate of drug-likeness (QED) is 0.395. The first-order valence-corrected chi connectivity index (χ1v) is 10.4. The minimum absolute atomic E-state index is 0.115. The van der Waals surface area contributed by atoms with Gasteiger partial charge in [-0.1, -0.05) is 65.7 Å². The lowest BCUT2D eigenvalue weighted by Crippen LogP contribution is -2.22. The van der Waals surface area contributed by atoms with Gasteiger partial charge in [0.05, 0.1) is 21.4 Å². The Labute approximate surface area is 194 Å². The molecule has 6 nitrogen and oxygen atoms in total. The molecule has 0 saturated carbocycles. The zero-order chi connectivity index (χ0) is 22.7. The van der Waals surface area contributed by atoms with Gasteiger partial charge in [-0.05, 0) is 42.0 Å². The highest BCUT2D eigenvalue weighted by Gasteiger charge is 2.17. The third-order valence-electron chi connectivity index (χ3n) is 4.81. The molecule has 0 radical (unpaired) electrons. The molecule has 0 fully saturated rings. The number of nitrogens with zero attached hydrogens (tertiary/aromatic N) is 2. The van der Waals surface area contributed by atoms with Crippen LogP contribution in [-0.2, 0) is 6.54 Å². The molecule has 32 heavy (non-hydrogen) atoms. The van der Waals surface area contributed by atoms with Crippen molar-refractivity contribution in [3.8, 4) is 16.9 Å². The maximum absolute atomic E-state index is 12.5. The Morgan fingerprint density at radius 3 is 2.28 bits per heavy atom. The van der Waals surface area contributed by atoms with Crippen molar-refractivity contribution in [2.75, 3.05) is 0 Å². The van der Waals surface area contributed by atoms with E-state index >= 15 is 0 Å². The average molecular weight is 466 g/mol. The number of carbonyl (C=O) groups is 2. The number of aromatic nitrogens is 2. The molecule has 0 aliphatic carbocycles. The van der Waals surface area contributed by atoms with E-state index in [-0.39, 0.29) is 11.6 Å². The number of rotatable bonds is 6. The van der Waals surface area contributed by atoms with Gasteiger partial charge in [0.1, 0.15) is 0 Å². The highest BCUT2D eigenvalue weighted by molar-refractivity contribution is 6.42.